The van der Waals surface area contributed by atoms with Crippen LogP contribution in [-0.2, 0) is 9.59 Å². The highest BCUT2D eigenvalue weighted by molar-refractivity contribution is 6.12. The summed E-state index contributed by atoms with van der Waals surface area (Å²) in [6.07, 6.45) is 21.6. The molecule has 42 heavy (non-hydrogen) atoms. The van der Waals surface area contributed by atoms with E-state index < -0.39 is 0 Å². The lowest BCUT2D eigenvalue weighted by Crippen LogP contribution is -2.44. The van der Waals surface area contributed by atoms with Crippen molar-refractivity contribution in [3.8, 4) is 0 Å². The Labute approximate surface area is 255 Å². The van der Waals surface area contributed by atoms with E-state index in [1.807, 2.05) is 12.2 Å². The van der Waals surface area contributed by atoms with Gasteiger partial charge >= 0.3 is 0 Å². The number of guanidine groups is 2. The number of nitrogens with one attached hydrogen (secondary N) is 2. The highest BCUT2D eigenvalue weighted by Gasteiger charge is 2.12. The second-order valence-electron chi connectivity index (χ2n) is 11.3. The van der Waals surface area contributed by atoms with E-state index in [2.05, 4.69) is 86.5 Å². The number of carbonyl (C=O) groups excluding carboxylic acids is 2. The van der Waals surface area contributed by atoms with Gasteiger partial charge in [-0.3, -0.25) is 30.2 Å². The van der Waals surface area contributed by atoms with Crippen LogP contribution in [0.25, 0.3) is 0 Å². The fourth-order valence-corrected chi connectivity index (χ4v) is 3.54. The number of nitrogens with two attached hydrogens (primary N) is 2. The van der Waals surface area contributed by atoms with Gasteiger partial charge in [-0.15, -0.1) is 0 Å². The van der Waals surface area contributed by atoms with Gasteiger partial charge in [0.1, 0.15) is 0 Å². The molecular formula is C34H56N6O2. The number of rotatable bonds is 17. The predicted octanol–water partition coefficient (Wildman–Crippen LogP) is 6.40. The second-order valence-corrected chi connectivity index (χ2v) is 11.3. The van der Waals surface area contributed by atoms with Crippen LogP contribution in [0.2, 0.25) is 0 Å². The van der Waals surface area contributed by atoms with E-state index in [-0.39, 0.29) is 23.7 Å². The molecule has 0 saturated carbocycles. The standard InChI is InChI=1S/C34H56N6O2/c1-25(2)15-11-17-27(5)19-13-21-29(7)31(41)39-34(38-24-10-9-23-37-33(35)36)40-32(42)30(8)22-14-20-28(6)18-12-16-26(3)4/h13-16,19-22,27-28H,9-12,17-18,23-24H2,1-8H3,(H4,35,36,37)(H2,38,39,40,41,42)/b19-13+,20-14+,29-21+,30-22+/t27-,28-/m1/s1. The number of unbranched alkanes of at least 4 members (excludes halogenated alkanes) is 1. The molecule has 0 aliphatic rings. The van der Waals surface area contributed by atoms with Crippen LogP contribution in [0.1, 0.15) is 93.9 Å². The first-order valence-corrected chi connectivity index (χ1v) is 15.0. The summed E-state index contributed by atoms with van der Waals surface area (Å²) >= 11 is 0. The molecule has 0 aliphatic heterocycles. The van der Waals surface area contributed by atoms with Crippen LogP contribution < -0.4 is 22.1 Å². The highest BCUT2D eigenvalue weighted by atomic mass is 16.2. The normalized spacial score (nSPS) is 13.3. The summed E-state index contributed by atoms with van der Waals surface area (Å²) in [5.74, 6) is 0.298. The summed E-state index contributed by atoms with van der Waals surface area (Å²) in [4.78, 5) is 34.2. The summed E-state index contributed by atoms with van der Waals surface area (Å²) in [6, 6.07) is 0. The maximum atomic E-state index is 12.9. The maximum Gasteiger partial charge on any atom is 0.253 e. The molecule has 6 N–H and O–H groups in total. The molecule has 0 saturated heterocycles. The Hall–Kier alpha value is -3.68. The molecule has 0 rings (SSSR count). The van der Waals surface area contributed by atoms with Crippen molar-refractivity contribution in [2.24, 2.45) is 33.3 Å². The van der Waals surface area contributed by atoms with Crippen molar-refractivity contribution in [2.75, 3.05) is 13.1 Å². The maximum absolute atomic E-state index is 12.9. The highest BCUT2D eigenvalue weighted by Crippen LogP contribution is 2.11. The van der Waals surface area contributed by atoms with E-state index in [9.17, 15) is 9.59 Å². The van der Waals surface area contributed by atoms with Crippen LogP contribution in [0.3, 0.4) is 0 Å². The fourth-order valence-electron chi connectivity index (χ4n) is 3.54. The van der Waals surface area contributed by atoms with E-state index >= 15 is 0 Å². The molecule has 0 aliphatic carbocycles. The molecule has 0 aromatic rings. The van der Waals surface area contributed by atoms with Crippen LogP contribution >= 0.6 is 0 Å². The summed E-state index contributed by atoms with van der Waals surface area (Å²) in [6.45, 7) is 17.1. The first kappa shape index (κ1) is 38.3. The van der Waals surface area contributed by atoms with Crippen LogP contribution in [0.15, 0.2) is 80.9 Å². The van der Waals surface area contributed by atoms with Crippen molar-refractivity contribution in [3.63, 3.8) is 0 Å². The Morgan fingerprint density at radius 1 is 0.690 bits per heavy atom. The average Bonchev–Trinajstić information content (AvgIpc) is 2.89. The molecule has 0 fully saturated rings. The number of allylic oxidation sites excluding steroid dienone is 10. The number of aliphatic imine (C=N–C) groups is 2. The van der Waals surface area contributed by atoms with Crippen molar-refractivity contribution in [3.05, 3.63) is 70.9 Å². The van der Waals surface area contributed by atoms with E-state index in [0.717, 1.165) is 32.1 Å². The minimum absolute atomic E-state index is 0.0518. The Bertz CT molecular complexity index is 1010. The minimum atomic E-state index is -0.330. The smallest absolute Gasteiger partial charge is 0.253 e. The van der Waals surface area contributed by atoms with Gasteiger partial charge in [0.15, 0.2) is 5.96 Å². The lowest BCUT2D eigenvalue weighted by atomic mass is 10.0. The molecule has 0 spiro atoms. The summed E-state index contributed by atoms with van der Waals surface area (Å²) in [5.41, 5.74) is 14.4. The van der Waals surface area contributed by atoms with Gasteiger partial charge < -0.3 is 11.5 Å². The molecule has 0 aromatic carbocycles. The van der Waals surface area contributed by atoms with Crippen LogP contribution in [0.5, 0.6) is 0 Å². The zero-order chi connectivity index (χ0) is 31.9. The molecule has 0 radical (unpaired) electrons. The Kier molecular flexibility index (Phi) is 20.9. The summed E-state index contributed by atoms with van der Waals surface area (Å²) in [5, 5.41) is 5.51. The molecule has 0 heterocycles. The third-order valence-corrected chi connectivity index (χ3v) is 6.23. The van der Waals surface area contributed by atoms with Gasteiger partial charge in [-0.2, -0.15) is 0 Å². The van der Waals surface area contributed by atoms with Gasteiger partial charge in [0.05, 0.1) is 0 Å². The molecule has 2 atom stereocenters. The van der Waals surface area contributed by atoms with Gasteiger partial charge in [0, 0.05) is 24.2 Å². The molecule has 8 nitrogen and oxygen atoms in total. The lowest BCUT2D eigenvalue weighted by Gasteiger charge is -2.11. The van der Waals surface area contributed by atoms with Gasteiger partial charge in [0.2, 0.25) is 5.96 Å². The Morgan fingerprint density at radius 2 is 1.10 bits per heavy atom. The molecule has 0 aromatic heterocycles. The molecule has 0 bridgehead atoms. The Morgan fingerprint density at radius 3 is 1.48 bits per heavy atom. The largest absolute Gasteiger partial charge is 0.370 e. The number of nitrogens with zero attached hydrogens (tertiary/aromatic N) is 2. The first-order chi connectivity index (χ1) is 19.8. The van der Waals surface area contributed by atoms with Crippen LogP contribution in [0, 0.1) is 11.8 Å². The van der Waals surface area contributed by atoms with Gasteiger partial charge in [0.25, 0.3) is 11.8 Å². The molecule has 2 amide bonds. The third kappa shape index (κ3) is 22.1. The van der Waals surface area contributed by atoms with E-state index in [0.29, 0.717) is 42.5 Å². The first-order valence-electron chi connectivity index (χ1n) is 15.0. The predicted molar refractivity (Wildman–Crippen MR) is 180 cm³/mol. The third-order valence-electron chi connectivity index (χ3n) is 6.23. The summed E-state index contributed by atoms with van der Waals surface area (Å²) < 4.78 is 0. The quantitative estimate of drug-likeness (QED) is 0.0395. The zero-order valence-corrected chi connectivity index (χ0v) is 27.3. The molecule has 234 valence electrons. The number of hydrogen-bond donors (Lipinski definition) is 4. The van der Waals surface area contributed by atoms with Gasteiger partial charge in [-0.05, 0) is 91.9 Å². The molecular weight excluding hydrogens is 524 g/mol. The number of carbonyl (C=O) groups is 2. The van der Waals surface area contributed by atoms with E-state index in [1.165, 1.54) is 11.1 Å². The topological polar surface area (TPSA) is 135 Å². The number of hydrogen-bond acceptors (Lipinski definition) is 4. The van der Waals surface area contributed by atoms with E-state index in [1.54, 1.807) is 26.0 Å². The monoisotopic (exact) mass is 580 g/mol. The lowest BCUT2D eigenvalue weighted by molar-refractivity contribution is -0.116. The fraction of sp³-hybridized carbons (Fsp3) is 0.529. The zero-order valence-electron chi connectivity index (χ0n) is 27.3. The van der Waals surface area contributed by atoms with Crippen molar-refractivity contribution >= 4 is 23.7 Å². The van der Waals surface area contributed by atoms with E-state index in [4.69, 9.17) is 11.5 Å². The minimum Gasteiger partial charge on any atom is -0.370 e. The van der Waals surface area contributed by atoms with Crippen molar-refractivity contribution in [2.45, 2.75) is 93.9 Å². The summed E-state index contributed by atoms with van der Waals surface area (Å²) in [7, 11) is 0. The average molecular weight is 581 g/mol. The van der Waals surface area contributed by atoms with Crippen molar-refractivity contribution in [1.29, 1.82) is 0 Å². The van der Waals surface area contributed by atoms with Gasteiger partial charge in [-0.1, -0.05) is 73.6 Å². The number of amides is 2. The molecule has 0 unspecified atom stereocenters. The van der Waals surface area contributed by atoms with Crippen LogP contribution in [-0.4, -0.2) is 36.8 Å². The van der Waals surface area contributed by atoms with Crippen molar-refractivity contribution < 1.29 is 9.59 Å². The molecule has 8 heteroatoms. The van der Waals surface area contributed by atoms with Gasteiger partial charge in [-0.25, -0.2) is 0 Å². The van der Waals surface area contributed by atoms with Crippen molar-refractivity contribution in [1.82, 2.24) is 10.6 Å². The second kappa shape index (κ2) is 22.9. The SMILES string of the molecule is CC(C)=CCC[C@@H](C)/C=C/C=C(\C)C(=O)NC(=NCCCCN=C(N)N)NC(=O)/C(C)=C/C=C/[C@H](C)CCC=C(C)C. The Balaban J connectivity index is 5.35. The van der Waals surface area contributed by atoms with Crippen LogP contribution in [0.4, 0.5) is 0 Å².